The fraction of sp³-hybridized carbons (Fsp3) is 0.500. The van der Waals surface area contributed by atoms with Crippen LogP contribution in [-0.2, 0) is 4.74 Å². The molecule has 1 aliphatic rings. The number of hydrogen-bond acceptors (Lipinski definition) is 5. The quantitative estimate of drug-likeness (QED) is 0.780. The molecular formula is C12H18N4O2. The van der Waals surface area contributed by atoms with Gasteiger partial charge in [-0.15, -0.1) is 5.10 Å². The van der Waals surface area contributed by atoms with Crippen molar-refractivity contribution in [2.45, 2.75) is 18.9 Å². The maximum absolute atomic E-state index is 5.77. The molecule has 0 aliphatic carbocycles. The molecular weight excluding hydrogens is 232 g/mol. The lowest BCUT2D eigenvalue weighted by Crippen LogP contribution is -2.25. The molecule has 1 fully saturated rings. The van der Waals surface area contributed by atoms with Gasteiger partial charge in [-0.1, -0.05) is 0 Å². The van der Waals surface area contributed by atoms with Gasteiger partial charge in [0.05, 0.1) is 18.9 Å². The Labute approximate surface area is 106 Å². The Bertz CT molecular complexity index is 433. The molecule has 0 saturated carbocycles. The van der Waals surface area contributed by atoms with Crippen molar-refractivity contribution in [3.05, 3.63) is 18.0 Å². The number of aromatic amines is 1. The Morgan fingerprint density at radius 2 is 2.39 bits per heavy atom. The number of H-pyrrole nitrogens is 1. The topological polar surface area (TPSA) is 85.5 Å². The third-order valence-electron chi connectivity index (χ3n) is 2.77. The van der Waals surface area contributed by atoms with Crippen LogP contribution in [0.3, 0.4) is 0 Å². The summed E-state index contributed by atoms with van der Waals surface area (Å²) in [5.74, 6) is 0.584. The molecule has 1 aliphatic heterocycles. The molecule has 0 atom stereocenters. The molecule has 1 saturated heterocycles. The molecule has 0 spiro atoms. The van der Waals surface area contributed by atoms with Crippen LogP contribution in [0.4, 0.5) is 0 Å². The Kier molecular flexibility index (Phi) is 4.35. The normalized spacial score (nSPS) is 18.4. The van der Waals surface area contributed by atoms with Crippen molar-refractivity contribution in [3.63, 3.8) is 0 Å². The number of allylic oxidation sites excluding steroid dienone is 1. The van der Waals surface area contributed by atoms with Gasteiger partial charge in [0.25, 0.3) is 0 Å². The number of nitrogens with two attached hydrogens (primary N) is 1. The van der Waals surface area contributed by atoms with Gasteiger partial charge in [0.15, 0.2) is 0 Å². The molecule has 0 aromatic carbocycles. The maximum Gasteiger partial charge on any atom is 0.233 e. The van der Waals surface area contributed by atoms with E-state index in [0.717, 1.165) is 37.3 Å². The van der Waals surface area contributed by atoms with E-state index in [-0.39, 0.29) is 6.10 Å². The lowest BCUT2D eigenvalue weighted by atomic mass is 10.1. The average molecular weight is 250 g/mol. The van der Waals surface area contributed by atoms with E-state index in [1.165, 1.54) is 6.20 Å². The fourth-order valence-electron chi connectivity index (χ4n) is 1.82. The lowest BCUT2D eigenvalue weighted by molar-refractivity contribution is 0.0237. The van der Waals surface area contributed by atoms with Gasteiger partial charge in [-0.25, -0.2) is 0 Å². The van der Waals surface area contributed by atoms with Crippen LogP contribution in [0, 0.1) is 0 Å². The number of rotatable bonds is 4. The van der Waals surface area contributed by atoms with Crippen molar-refractivity contribution < 1.29 is 9.47 Å². The molecule has 98 valence electrons. The summed E-state index contributed by atoms with van der Waals surface area (Å²) >= 11 is 0. The monoisotopic (exact) mass is 250 g/mol. The Balaban J connectivity index is 2.01. The number of ether oxygens (including phenoxy) is 2. The van der Waals surface area contributed by atoms with E-state index >= 15 is 0 Å². The lowest BCUT2D eigenvalue weighted by Gasteiger charge is -2.21. The second-order valence-corrected chi connectivity index (χ2v) is 4.06. The molecule has 1 aromatic heterocycles. The average Bonchev–Trinajstić information content (AvgIpc) is 2.85. The van der Waals surface area contributed by atoms with Crippen LogP contribution in [0.25, 0.3) is 5.57 Å². The third-order valence-corrected chi connectivity index (χ3v) is 2.77. The van der Waals surface area contributed by atoms with Gasteiger partial charge < -0.3 is 15.2 Å². The van der Waals surface area contributed by atoms with Gasteiger partial charge in [0, 0.05) is 43.9 Å². The molecule has 2 heterocycles. The second-order valence-electron chi connectivity index (χ2n) is 4.06. The van der Waals surface area contributed by atoms with Crippen molar-refractivity contribution in [3.8, 4) is 5.88 Å². The first-order chi connectivity index (χ1) is 8.83. The first kappa shape index (κ1) is 12.6. The molecule has 3 N–H and O–H groups in total. The maximum atomic E-state index is 5.77. The van der Waals surface area contributed by atoms with Crippen molar-refractivity contribution in [1.82, 2.24) is 10.2 Å². The first-order valence-corrected chi connectivity index (χ1v) is 5.97. The van der Waals surface area contributed by atoms with Gasteiger partial charge >= 0.3 is 0 Å². The van der Waals surface area contributed by atoms with Crippen LogP contribution in [0.1, 0.15) is 18.5 Å². The largest absolute Gasteiger partial charge is 0.473 e. The van der Waals surface area contributed by atoms with E-state index in [4.69, 9.17) is 15.2 Å². The number of nitrogens with zero attached hydrogens (tertiary/aromatic N) is 2. The molecule has 6 nitrogen and oxygen atoms in total. The second kappa shape index (κ2) is 6.20. The van der Waals surface area contributed by atoms with Crippen molar-refractivity contribution in [2.24, 2.45) is 10.7 Å². The summed E-state index contributed by atoms with van der Waals surface area (Å²) in [6.45, 7) is 1.50. The van der Waals surface area contributed by atoms with Crippen LogP contribution < -0.4 is 10.5 Å². The number of aliphatic imine (C=N–C) groups is 1. The summed E-state index contributed by atoms with van der Waals surface area (Å²) in [6.07, 6.45) is 5.14. The van der Waals surface area contributed by atoms with E-state index in [0.29, 0.717) is 5.88 Å². The van der Waals surface area contributed by atoms with Crippen LogP contribution in [0.2, 0.25) is 0 Å². The Hall–Kier alpha value is -1.82. The fourth-order valence-corrected chi connectivity index (χ4v) is 1.82. The predicted octanol–water partition coefficient (Wildman–Crippen LogP) is 0.968. The van der Waals surface area contributed by atoms with E-state index in [9.17, 15) is 0 Å². The van der Waals surface area contributed by atoms with Crippen molar-refractivity contribution >= 4 is 11.8 Å². The van der Waals surface area contributed by atoms with E-state index < -0.39 is 0 Å². The molecule has 0 bridgehead atoms. The van der Waals surface area contributed by atoms with Gasteiger partial charge in [-0.05, 0) is 0 Å². The van der Waals surface area contributed by atoms with Gasteiger partial charge in [0.2, 0.25) is 5.88 Å². The minimum absolute atomic E-state index is 0.181. The third kappa shape index (κ3) is 3.10. The van der Waals surface area contributed by atoms with Crippen LogP contribution in [0.15, 0.2) is 17.3 Å². The number of nitrogens with one attached hydrogen (secondary N) is 1. The number of aromatic nitrogens is 2. The highest BCUT2D eigenvalue weighted by Gasteiger charge is 2.16. The van der Waals surface area contributed by atoms with E-state index in [1.54, 1.807) is 13.3 Å². The van der Waals surface area contributed by atoms with Gasteiger partial charge in [-0.3, -0.25) is 10.1 Å². The molecule has 18 heavy (non-hydrogen) atoms. The van der Waals surface area contributed by atoms with Crippen molar-refractivity contribution in [2.75, 3.05) is 20.3 Å². The summed E-state index contributed by atoms with van der Waals surface area (Å²) in [6, 6.07) is 1.83. The zero-order chi connectivity index (χ0) is 12.8. The molecule has 0 radical (unpaired) electrons. The van der Waals surface area contributed by atoms with Crippen LogP contribution >= 0.6 is 0 Å². The zero-order valence-corrected chi connectivity index (χ0v) is 10.4. The summed E-state index contributed by atoms with van der Waals surface area (Å²) in [7, 11) is 1.69. The summed E-state index contributed by atoms with van der Waals surface area (Å²) < 4.78 is 11.1. The molecule has 1 aromatic rings. The highest BCUT2D eigenvalue weighted by atomic mass is 16.5. The summed E-state index contributed by atoms with van der Waals surface area (Å²) in [4.78, 5) is 3.93. The minimum Gasteiger partial charge on any atom is -0.473 e. The van der Waals surface area contributed by atoms with Crippen molar-refractivity contribution in [1.29, 1.82) is 0 Å². The van der Waals surface area contributed by atoms with Gasteiger partial charge in [0.1, 0.15) is 6.10 Å². The Morgan fingerprint density at radius 1 is 1.61 bits per heavy atom. The minimum atomic E-state index is 0.181. The number of hydrogen-bond donors (Lipinski definition) is 2. The smallest absolute Gasteiger partial charge is 0.233 e. The summed E-state index contributed by atoms with van der Waals surface area (Å²) in [5, 5.41) is 7.00. The van der Waals surface area contributed by atoms with Gasteiger partial charge in [-0.2, -0.15) is 0 Å². The summed E-state index contributed by atoms with van der Waals surface area (Å²) in [5.41, 5.74) is 7.11. The molecule has 0 amide bonds. The first-order valence-electron chi connectivity index (χ1n) is 5.97. The standard InChI is InChI=1S/C12H18N4O2/c1-14-8-9(7-13)11-6-12(16-15-11)18-10-2-4-17-5-3-10/h6-8,10H,2-5,13H2,1H3,(H,15,16). The SMILES string of the molecule is CN=CC(=CN)c1cc(OC2CCOCC2)n[nH]1. The highest BCUT2D eigenvalue weighted by molar-refractivity contribution is 6.08. The molecule has 0 unspecified atom stereocenters. The van der Waals surface area contributed by atoms with E-state index in [2.05, 4.69) is 15.2 Å². The molecule has 6 heteroatoms. The zero-order valence-electron chi connectivity index (χ0n) is 10.4. The Morgan fingerprint density at radius 3 is 3.06 bits per heavy atom. The van der Waals surface area contributed by atoms with Crippen LogP contribution in [0.5, 0.6) is 5.88 Å². The highest BCUT2D eigenvalue weighted by Crippen LogP contribution is 2.19. The predicted molar refractivity (Wildman–Crippen MR) is 69.6 cm³/mol. The molecule has 2 rings (SSSR count). The van der Waals surface area contributed by atoms with Crippen LogP contribution in [-0.4, -0.2) is 42.8 Å². The van der Waals surface area contributed by atoms with E-state index in [1.807, 2.05) is 6.07 Å².